The van der Waals surface area contributed by atoms with Crippen molar-refractivity contribution in [2.24, 2.45) is 0 Å². The minimum absolute atomic E-state index is 0.105. The molecule has 0 aliphatic carbocycles. The predicted octanol–water partition coefficient (Wildman–Crippen LogP) is 3.47. The van der Waals surface area contributed by atoms with Crippen molar-refractivity contribution in [3.63, 3.8) is 0 Å². The summed E-state index contributed by atoms with van der Waals surface area (Å²) in [5.74, 6) is 0.105. The molecule has 0 unspecified atom stereocenters. The molecule has 0 fully saturated rings. The monoisotopic (exact) mass is 333 g/mol. The van der Waals surface area contributed by atoms with E-state index in [4.69, 9.17) is 0 Å². The number of rotatable bonds is 7. The van der Waals surface area contributed by atoms with Crippen LogP contribution in [-0.4, -0.2) is 22.2 Å². The highest BCUT2D eigenvalue weighted by molar-refractivity contribution is 5.76. The molecule has 1 aromatic heterocycles. The zero-order chi connectivity index (χ0) is 17.5. The van der Waals surface area contributed by atoms with E-state index >= 15 is 0 Å². The molecular formula is C21H23N3O. The summed E-state index contributed by atoms with van der Waals surface area (Å²) in [5, 5.41) is 7.21. The van der Waals surface area contributed by atoms with Crippen LogP contribution in [0.3, 0.4) is 0 Å². The molecule has 1 heterocycles. The van der Waals surface area contributed by atoms with E-state index in [0.29, 0.717) is 13.0 Å². The number of amides is 1. The van der Waals surface area contributed by atoms with Crippen molar-refractivity contribution in [3.8, 4) is 5.69 Å². The number of nitrogens with one attached hydrogen (secondary N) is 1. The van der Waals surface area contributed by atoms with Gasteiger partial charge in [-0.3, -0.25) is 4.79 Å². The van der Waals surface area contributed by atoms with E-state index in [0.717, 1.165) is 18.5 Å². The van der Waals surface area contributed by atoms with Gasteiger partial charge in [0.2, 0.25) is 5.91 Å². The van der Waals surface area contributed by atoms with E-state index in [2.05, 4.69) is 53.7 Å². The summed E-state index contributed by atoms with van der Waals surface area (Å²) in [4.78, 5) is 12.0. The van der Waals surface area contributed by atoms with Gasteiger partial charge in [-0.25, -0.2) is 4.68 Å². The smallest absolute Gasteiger partial charge is 0.220 e. The molecule has 0 radical (unpaired) electrons. The Morgan fingerprint density at radius 1 is 1.00 bits per heavy atom. The van der Waals surface area contributed by atoms with Crippen molar-refractivity contribution >= 4 is 5.91 Å². The van der Waals surface area contributed by atoms with Gasteiger partial charge >= 0.3 is 0 Å². The first-order chi connectivity index (χ1) is 12.2. The summed E-state index contributed by atoms with van der Waals surface area (Å²) in [6.07, 6.45) is 5.82. The third kappa shape index (κ3) is 5.05. The first kappa shape index (κ1) is 17.0. The van der Waals surface area contributed by atoms with Gasteiger partial charge in [0.25, 0.3) is 0 Å². The Morgan fingerprint density at radius 3 is 2.36 bits per heavy atom. The van der Waals surface area contributed by atoms with E-state index < -0.39 is 0 Å². The second-order valence-electron chi connectivity index (χ2n) is 6.20. The Bertz CT molecular complexity index is 790. The van der Waals surface area contributed by atoms with E-state index in [-0.39, 0.29) is 5.91 Å². The fourth-order valence-corrected chi connectivity index (χ4v) is 2.68. The zero-order valence-corrected chi connectivity index (χ0v) is 14.5. The van der Waals surface area contributed by atoms with Crippen LogP contribution < -0.4 is 5.32 Å². The Balaban J connectivity index is 1.40. The summed E-state index contributed by atoms with van der Waals surface area (Å²) < 4.78 is 1.83. The van der Waals surface area contributed by atoms with Crippen LogP contribution in [0, 0.1) is 6.92 Å². The lowest BCUT2D eigenvalue weighted by molar-refractivity contribution is -0.121. The van der Waals surface area contributed by atoms with Crippen molar-refractivity contribution in [1.29, 1.82) is 0 Å². The zero-order valence-electron chi connectivity index (χ0n) is 14.5. The molecule has 25 heavy (non-hydrogen) atoms. The van der Waals surface area contributed by atoms with Crippen LogP contribution in [0.25, 0.3) is 5.69 Å². The van der Waals surface area contributed by atoms with Crippen LogP contribution in [-0.2, 0) is 17.6 Å². The Labute approximate surface area is 148 Å². The molecule has 4 nitrogen and oxygen atoms in total. The molecule has 0 saturated heterocycles. The average molecular weight is 333 g/mol. The van der Waals surface area contributed by atoms with Crippen molar-refractivity contribution in [2.45, 2.75) is 26.2 Å². The first-order valence-electron chi connectivity index (χ1n) is 8.62. The maximum absolute atomic E-state index is 12.0. The van der Waals surface area contributed by atoms with Crippen molar-refractivity contribution in [3.05, 3.63) is 83.7 Å². The van der Waals surface area contributed by atoms with Gasteiger partial charge in [0.15, 0.2) is 0 Å². The largest absolute Gasteiger partial charge is 0.356 e. The second-order valence-corrected chi connectivity index (χ2v) is 6.20. The number of aryl methyl sites for hydroxylation is 2. The number of hydrogen-bond donors (Lipinski definition) is 1. The molecule has 1 amide bonds. The van der Waals surface area contributed by atoms with Gasteiger partial charge in [-0.2, -0.15) is 5.10 Å². The third-order valence-corrected chi connectivity index (χ3v) is 4.20. The van der Waals surface area contributed by atoms with Crippen LogP contribution in [0.4, 0.5) is 0 Å². The molecule has 0 bridgehead atoms. The molecule has 0 spiro atoms. The molecule has 0 aliphatic rings. The number of carbonyl (C=O) groups excluding carboxylic acids is 1. The minimum atomic E-state index is 0.105. The molecule has 2 aromatic carbocycles. The van der Waals surface area contributed by atoms with Crippen molar-refractivity contribution in [2.75, 3.05) is 6.54 Å². The summed E-state index contributed by atoms with van der Waals surface area (Å²) in [6.45, 7) is 2.73. The third-order valence-electron chi connectivity index (χ3n) is 4.20. The van der Waals surface area contributed by atoms with Gasteiger partial charge in [-0.15, -0.1) is 0 Å². The highest BCUT2D eigenvalue weighted by Crippen LogP contribution is 2.09. The molecular weight excluding hydrogens is 310 g/mol. The van der Waals surface area contributed by atoms with Crippen LogP contribution in [0.2, 0.25) is 0 Å². The maximum atomic E-state index is 12.0. The quantitative estimate of drug-likeness (QED) is 0.719. The standard InChI is InChI=1S/C21H23N3O/c1-17-3-5-18(6-4-17)9-12-21(25)22-15-13-19-7-10-20(11-8-19)24-16-2-14-23-24/h2-8,10-11,14,16H,9,12-13,15H2,1H3,(H,22,25). The molecule has 1 N–H and O–H groups in total. The van der Waals surface area contributed by atoms with Gasteiger partial charge < -0.3 is 5.32 Å². The van der Waals surface area contributed by atoms with Gasteiger partial charge in [0, 0.05) is 25.4 Å². The van der Waals surface area contributed by atoms with Gasteiger partial charge in [-0.05, 0) is 49.1 Å². The summed E-state index contributed by atoms with van der Waals surface area (Å²) in [6, 6.07) is 18.5. The normalized spacial score (nSPS) is 10.6. The fourth-order valence-electron chi connectivity index (χ4n) is 2.68. The summed E-state index contributed by atoms with van der Waals surface area (Å²) in [7, 11) is 0. The minimum Gasteiger partial charge on any atom is -0.356 e. The lowest BCUT2D eigenvalue weighted by atomic mass is 10.1. The summed E-state index contributed by atoms with van der Waals surface area (Å²) in [5.41, 5.74) is 4.69. The first-order valence-corrected chi connectivity index (χ1v) is 8.62. The van der Waals surface area contributed by atoms with Crippen LogP contribution in [0.15, 0.2) is 67.0 Å². The summed E-state index contributed by atoms with van der Waals surface area (Å²) >= 11 is 0. The van der Waals surface area contributed by atoms with E-state index in [1.54, 1.807) is 6.20 Å². The van der Waals surface area contributed by atoms with E-state index in [9.17, 15) is 4.79 Å². The van der Waals surface area contributed by atoms with Crippen LogP contribution >= 0.6 is 0 Å². The number of hydrogen-bond acceptors (Lipinski definition) is 2. The fraction of sp³-hybridized carbons (Fsp3) is 0.238. The molecule has 0 saturated carbocycles. The highest BCUT2D eigenvalue weighted by atomic mass is 16.1. The van der Waals surface area contributed by atoms with Crippen molar-refractivity contribution < 1.29 is 4.79 Å². The Hall–Kier alpha value is -2.88. The maximum Gasteiger partial charge on any atom is 0.220 e. The molecule has 0 aliphatic heterocycles. The van der Waals surface area contributed by atoms with Crippen LogP contribution in [0.1, 0.15) is 23.1 Å². The van der Waals surface area contributed by atoms with E-state index in [1.165, 1.54) is 16.7 Å². The molecule has 3 aromatic rings. The average Bonchev–Trinajstić information content (AvgIpc) is 3.16. The lowest BCUT2D eigenvalue weighted by Crippen LogP contribution is -2.25. The molecule has 128 valence electrons. The SMILES string of the molecule is Cc1ccc(CCC(=O)NCCc2ccc(-n3cccn3)cc2)cc1. The predicted molar refractivity (Wildman–Crippen MR) is 99.8 cm³/mol. The Kier molecular flexibility index (Phi) is 5.62. The van der Waals surface area contributed by atoms with E-state index in [1.807, 2.05) is 29.1 Å². The van der Waals surface area contributed by atoms with Gasteiger partial charge in [0.1, 0.15) is 0 Å². The number of nitrogens with zero attached hydrogens (tertiary/aromatic N) is 2. The number of carbonyl (C=O) groups is 1. The molecule has 0 atom stereocenters. The topological polar surface area (TPSA) is 46.9 Å². The van der Waals surface area contributed by atoms with Crippen LogP contribution in [0.5, 0.6) is 0 Å². The highest BCUT2D eigenvalue weighted by Gasteiger charge is 2.03. The number of benzene rings is 2. The van der Waals surface area contributed by atoms with Crippen molar-refractivity contribution in [1.82, 2.24) is 15.1 Å². The second kappa shape index (κ2) is 8.29. The Morgan fingerprint density at radius 2 is 1.68 bits per heavy atom. The van der Waals surface area contributed by atoms with Gasteiger partial charge in [-0.1, -0.05) is 42.0 Å². The number of aromatic nitrogens is 2. The molecule has 3 rings (SSSR count). The lowest BCUT2D eigenvalue weighted by Gasteiger charge is -2.07. The van der Waals surface area contributed by atoms with Gasteiger partial charge in [0.05, 0.1) is 5.69 Å². The molecule has 4 heteroatoms.